The zero-order valence-electron chi connectivity index (χ0n) is 10.0. The lowest BCUT2D eigenvalue weighted by atomic mass is 10.0. The first-order valence-electron chi connectivity index (χ1n) is 5.71. The molecule has 3 unspecified atom stereocenters. The van der Waals surface area contributed by atoms with E-state index in [1.807, 2.05) is 13.2 Å². The Labute approximate surface area is 101 Å². The first-order chi connectivity index (χ1) is 8.04. The lowest BCUT2D eigenvalue weighted by molar-refractivity contribution is 0.263. The molecular formula is C10H18N3O3P. The van der Waals surface area contributed by atoms with Crippen LogP contribution in [0.2, 0.25) is 0 Å². The van der Waals surface area contributed by atoms with Crippen LogP contribution < -0.4 is 5.32 Å². The molecule has 96 valence electrons. The van der Waals surface area contributed by atoms with Gasteiger partial charge in [0.05, 0.1) is 18.5 Å². The lowest BCUT2D eigenvalue weighted by Gasteiger charge is -2.22. The van der Waals surface area contributed by atoms with Gasteiger partial charge in [0.2, 0.25) is 0 Å². The summed E-state index contributed by atoms with van der Waals surface area (Å²) in [6.45, 7) is 3.18. The molecule has 2 N–H and O–H groups in total. The third kappa shape index (κ3) is 2.60. The van der Waals surface area contributed by atoms with Crippen LogP contribution in [-0.4, -0.2) is 40.0 Å². The van der Waals surface area contributed by atoms with E-state index in [-0.39, 0.29) is 18.2 Å². The zero-order chi connectivity index (χ0) is 12.5. The maximum absolute atomic E-state index is 12.1. The van der Waals surface area contributed by atoms with Crippen LogP contribution >= 0.6 is 7.60 Å². The van der Waals surface area contributed by atoms with Crippen LogP contribution in [0.1, 0.15) is 18.4 Å². The van der Waals surface area contributed by atoms with E-state index in [2.05, 4.69) is 10.4 Å². The highest BCUT2D eigenvalue weighted by Gasteiger charge is 2.42. The molecule has 1 aliphatic rings. The number of hydrogen-bond acceptors (Lipinski definition) is 4. The van der Waals surface area contributed by atoms with Gasteiger partial charge in [0.15, 0.2) is 0 Å². The van der Waals surface area contributed by atoms with E-state index in [9.17, 15) is 9.46 Å². The highest BCUT2D eigenvalue weighted by molar-refractivity contribution is 7.53. The second-order valence-corrected chi connectivity index (χ2v) is 6.31. The molecule has 0 aromatic carbocycles. The van der Waals surface area contributed by atoms with E-state index in [0.717, 1.165) is 5.56 Å². The molecule has 2 rings (SSSR count). The minimum atomic E-state index is -3.55. The van der Waals surface area contributed by atoms with Crippen molar-refractivity contribution < 1.29 is 14.0 Å². The Hall–Kier alpha value is -0.680. The summed E-state index contributed by atoms with van der Waals surface area (Å²) in [7, 11) is -1.72. The Bertz CT molecular complexity index is 434. The number of aromatic nitrogens is 2. The number of nitrogens with zero attached hydrogens (tertiary/aromatic N) is 2. The summed E-state index contributed by atoms with van der Waals surface area (Å²) in [4.78, 5) is 9.92. The largest absolute Gasteiger partial charge is 0.333 e. The second kappa shape index (κ2) is 4.90. The fourth-order valence-electron chi connectivity index (χ4n) is 2.26. The minimum Gasteiger partial charge on any atom is -0.324 e. The summed E-state index contributed by atoms with van der Waals surface area (Å²) >= 11 is 0. The maximum Gasteiger partial charge on any atom is 0.333 e. The molecular weight excluding hydrogens is 241 g/mol. The van der Waals surface area contributed by atoms with Crippen molar-refractivity contribution in [1.82, 2.24) is 15.1 Å². The van der Waals surface area contributed by atoms with Crippen LogP contribution in [0.4, 0.5) is 0 Å². The van der Waals surface area contributed by atoms with Gasteiger partial charge in [-0.25, -0.2) is 0 Å². The van der Waals surface area contributed by atoms with Crippen molar-refractivity contribution >= 4 is 7.60 Å². The summed E-state index contributed by atoms with van der Waals surface area (Å²) in [6, 6.07) is 0. The van der Waals surface area contributed by atoms with Gasteiger partial charge < -0.3 is 14.7 Å². The minimum absolute atomic E-state index is 0.00826. The van der Waals surface area contributed by atoms with Crippen LogP contribution in [0.5, 0.6) is 0 Å². The van der Waals surface area contributed by atoms with Crippen molar-refractivity contribution in [2.75, 3.05) is 19.7 Å². The smallest absolute Gasteiger partial charge is 0.324 e. The van der Waals surface area contributed by atoms with Crippen molar-refractivity contribution in [1.29, 1.82) is 0 Å². The van der Waals surface area contributed by atoms with E-state index in [4.69, 9.17) is 4.52 Å². The van der Waals surface area contributed by atoms with Crippen LogP contribution in [0, 0.1) is 0 Å². The summed E-state index contributed by atoms with van der Waals surface area (Å²) in [5.74, 6) is -0.00826. The molecule has 0 spiro atoms. The Kier molecular flexibility index (Phi) is 3.68. The van der Waals surface area contributed by atoms with Crippen LogP contribution in [0.3, 0.4) is 0 Å². The highest BCUT2D eigenvalue weighted by Crippen LogP contribution is 2.53. The van der Waals surface area contributed by atoms with Gasteiger partial charge in [0.25, 0.3) is 0 Å². The van der Waals surface area contributed by atoms with Crippen LogP contribution in [0.15, 0.2) is 12.4 Å². The monoisotopic (exact) mass is 259 g/mol. The Balaban J connectivity index is 2.20. The van der Waals surface area contributed by atoms with Gasteiger partial charge in [0.1, 0.15) is 0 Å². The van der Waals surface area contributed by atoms with E-state index >= 15 is 0 Å². The third-order valence-electron chi connectivity index (χ3n) is 3.07. The van der Waals surface area contributed by atoms with Crippen molar-refractivity contribution in [3.05, 3.63) is 18.0 Å². The predicted octanol–water partition coefficient (Wildman–Crippen LogP) is 0.697. The molecule has 2 heterocycles. The first kappa shape index (κ1) is 12.8. The summed E-state index contributed by atoms with van der Waals surface area (Å²) < 4.78 is 18.8. The van der Waals surface area contributed by atoms with E-state index in [0.29, 0.717) is 13.1 Å². The number of hydrogen-bond donors (Lipinski definition) is 2. The normalized spacial score (nSPS) is 28.2. The van der Waals surface area contributed by atoms with Crippen molar-refractivity contribution in [2.24, 2.45) is 7.05 Å². The molecule has 1 aromatic heterocycles. The quantitative estimate of drug-likeness (QED) is 0.778. The SMILES string of the molecule is CCOP(=O)(O)C1CNCC1c1cnn(C)c1. The maximum atomic E-state index is 12.1. The topological polar surface area (TPSA) is 76.4 Å². The average molecular weight is 259 g/mol. The third-order valence-corrected chi connectivity index (χ3v) is 5.08. The molecule has 17 heavy (non-hydrogen) atoms. The van der Waals surface area contributed by atoms with Gasteiger partial charge >= 0.3 is 7.60 Å². The molecule has 0 radical (unpaired) electrons. The van der Waals surface area contributed by atoms with Gasteiger partial charge in [-0.1, -0.05) is 0 Å². The molecule has 6 nitrogen and oxygen atoms in total. The zero-order valence-corrected chi connectivity index (χ0v) is 10.9. The summed E-state index contributed by atoms with van der Waals surface area (Å²) in [5, 5.41) is 7.25. The molecule has 0 amide bonds. The van der Waals surface area contributed by atoms with E-state index < -0.39 is 7.60 Å². The van der Waals surface area contributed by atoms with Gasteiger partial charge in [0, 0.05) is 32.3 Å². The Morgan fingerprint density at radius 3 is 3.06 bits per heavy atom. The molecule has 7 heteroatoms. The molecule has 0 aliphatic carbocycles. The van der Waals surface area contributed by atoms with Crippen LogP contribution in [0.25, 0.3) is 0 Å². The first-order valence-corrected chi connectivity index (χ1v) is 7.35. The van der Waals surface area contributed by atoms with Gasteiger partial charge in [-0.05, 0) is 12.5 Å². The molecule has 0 bridgehead atoms. The van der Waals surface area contributed by atoms with Crippen molar-refractivity contribution in [3.8, 4) is 0 Å². The van der Waals surface area contributed by atoms with Crippen LogP contribution in [-0.2, 0) is 16.1 Å². The van der Waals surface area contributed by atoms with Crippen molar-refractivity contribution in [3.63, 3.8) is 0 Å². The van der Waals surface area contributed by atoms with Gasteiger partial charge in [-0.15, -0.1) is 0 Å². The Morgan fingerprint density at radius 1 is 1.71 bits per heavy atom. The van der Waals surface area contributed by atoms with Crippen molar-refractivity contribution in [2.45, 2.75) is 18.5 Å². The molecule has 1 aliphatic heterocycles. The number of aryl methyl sites for hydroxylation is 1. The van der Waals surface area contributed by atoms with E-state index in [1.54, 1.807) is 17.8 Å². The number of nitrogens with one attached hydrogen (secondary N) is 1. The second-order valence-electron chi connectivity index (χ2n) is 4.26. The van der Waals surface area contributed by atoms with Gasteiger partial charge in [-0.3, -0.25) is 9.25 Å². The lowest BCUT2D eigenvalue weighted by Crippen LogP contribution is -2.19. The molecule has 0 saturated carbocycles. The van der Waals surface area contributed by atoms with Gasteiger partial charge in [-0.2, -0.15) is 5.10 Å². The summed E-state index contributed by atoms with van der Waals surface area (Å²) in [6.07, 6.45) is 3.63. The van der Waals surface area contributed by atoms with E-state index in [1.165, 1.54) is 0 Å². The predicted molar refractivity (Wildman–Crippen MR) is 64.1 cm³/mol. The molecule has 3 atom stereocenters. The average Bonchev–Trinajstić information content (AvgIpc) is 2.84. The highest BCUT2D eigenvalue weighted by atomic mass is 31.2. The Morgan fingerprint density at radius 2 is 2.47 bits per heavy atom. The molecule has 1 fully saturated rings. The molecule has 1 aromatic rings. The molecule has 1 saturated heterocycles. The number of rotatable bonds is 4. The standard InChI is InChI=1S/C10H18N3O3P/c1-3-16-17(14,15)10-6-11-5-9(10)8-4-12-13(2)7-8/h4,7,9-11H,3,5-6H2,1-2H3,(H,14,15). The fraction of sp³-hybridized carbons (Fsp3) is 0.700. The fourth-order valence-corrected chi connectivity index (χ4v) is 3.91. The summed E-state index contributed by atoms with van der Waals surface area (Å²) in [5.41, 5.74) is 0.600.